The molecule has 106 valence electrons. The van der Waals surface area contributed by atoms with E-state index in [1.807, 2.05) is 38.1 Å². The maximum absolute atomic E-state index is 11.9. The SMILES string of the molecule is CC1=NN(c2cc(C)nc(-c3ccc(Br)cc3)n2)C(=O)C1. The summed E-state index contributed by atoms with van der Waals surface area (Å²) in [6, 6.07) is 9.50. The predicted octanol–water partition coefficient (Wildman–Crippen LogP) is 3.33. The van der Waals surface area contributed by atoms with Gasteiger partial charge in [-0.3, -0.25) is 4.79 Å². The molecule has 1 amide bonds. The van der Waals surface area contributed by atoms with Gasteiger partial charge in [-0.2, -0.15) is 10.1 Å². The zero-order valence-electron chi connectivity index (χ0n) is 11.7. The lowest BCUT2D eigenvalue weighted by atomic mass is 10.2. The van der Waals surface area contributed by atoms with Crippen LogP contribution in [-0.4, -0.2) is 21.6 Å². The number of anilines is 1. The van der Waals surface area contributed by atoms with Gasteiger partial charge in [-0.05, 0) is 26.0 Å². The molecule has 2 heterocycles. The standard InChI is InChI=1S/C15H13BrN4O/c1-9-7-13(20-14(21)8-10(2)19-20)18-15(17-9)11-3-5-12(16)6-4-11/h3-7H,8H2,1-2H3. The van der Waals surface area contributed by atoms with Crippen LogP contribution < -0.4 is 5.01 Å². The number of aromatic nitrogens is 2. The molecule has 1 aliphatic rings. The number of carbonyl (C=O) groups is 1. The third-order valence-electron chi connectivity index (χ3n) is 3.07. The number of benzene rings is 1. The maximum atomic E-state index is 11.9. The van der Waals surface area contributed by atoms with Crippen molar-refractivity contribution in [2.45, 2.75) is 20.3 Å². The van der Waals surface area contributed by atoms with Crippen LogP contribution in [0, 0.1) is 6.92 Å². The molecule has 0 saturated carbocycles. The van der Waals surface area contributed by atoms with Crippen molar-refractivity contribution in [3.8, 4) is 11.4 Å². The van der Waals surface area contributed by atoms with Crippen LogP contribution in [0.25, 0.3) is 11.4 Å². The molecule has 6 heteroatoms. The molecule has 1 aromatic carbocycles. The lowest BCUT2D eigenvalue weighted by Crippen LogP contribution is -2.21. The molecule has 5 nitrogen and oxygen atoms in total. The number of nitrogens with zero attached hydrogens (tertiary/aromatic N) is 4. The first kappa shape index (κ1) is 13.9. The molecule has 3 rings (SSSR count). The third kappa shape index (κ3) is 2.85. The fourth-order valence-electron chi connectivity index (χ4n) is 2.12. The molecule has 0 radical (unpaired) electrons. The van der Waals surface area contributed by atoms with E-state index in [-0.39, 0.29) is 5.91 Å². The Kier molecular flexibility index (Phi) is 3.55. The molecule has 0 fully saturated rings. The molecule has 0 bridgehead atoms. The number of halogens is 1. The van der Waals surface area contributed by atoms with Crippen molar-refractivity contribution in [1.82, 2.24) is 9.97 Å². The zero-order chi connectivity index (χ0) is 15.0. The number of rotatable bonds is 2. The Morgan fingerprint density at radius 1 is 1.14 bits per heavy atom. The van der Waals surface area contributed by atoms with Gasteiger partial charge in [-0.25, -0.2) is 9.97 Å². The van der Waals surface area contributed by atoms with E-state index in [1.54, 1.807) is 6.07 Å². The highest BCUT2D eigenvalue weighted by Gasteiger charge is 2.24. The van der Waals surface area contributed by atoms with Crippen molar-refractivity contribution in [1.29, 1.82) is 0 Å². The fourth-order valence-corrected chi connectivity index (χ4v) is 2.39. The quantitative estimate of drug-likeness (QED) is 0.839. The Bertz CT molecular complexity index is 740. The summed E-state index contributed by atoms with van der Waals surface area (Å²) in [5.74, 6) is 1.04. The van der Waals surface area contributed by atoms with Gasteiger partial charge in [0.15, 0.2) is 11.6 Å². The van der Waals surface area contributed by atoms with Gasteiger partial charge in [0, 0.05) is 27.5 Å². The minimum absolute atomic E-state index is 0.0626. The van der Waals surface area contributed by atoms with E-state index in [4.69, 9.17) is 0 Å². The molecule has 0 saturated heterocycles. The minimum Gasteiger partial charge on any atom is -0.272 e. The van der Waals surface area contributed by atoms with E-state index in [0.29, 0.717) is 18.1 Å². The number of carbonyl (C=O) groups excluding carboxylic acids is 1. The molecule has 0 spiro atoms. The van der Waals surface area contributed by atoms with Gasteiger partial charge in [0.2, 0.25) is 0 Å². The second-order valence-electron chi connectivity index (χ2n) is 4.92. The number of hydrogen-bond acceptors (Lipinski definition) is 4. The van der Waals surface area contributed by atoms with Gasteiger partial charge in [0.05, 0.1) is 6.42 Å². The van der Waals surface area contributed by atoms with Crippen LogP contribution in [0.15, 0.2) is 39.9 Å². The number of aryl methyl sites for hydroxylation is 1. The lowest BCUT2D eigenvalue weighted by Gasteiger charge is -2.12. The summed E-state index contributed by atoms with van der Waals surface area (Å²) in [5, 5.41) is 5.59. The Balaban J connectivity index is 2.04. The third-order valence-corrected chi connectivity index (χ3v) is 3.60. The molecular weight excluding hydrogens is 332 g/mol. The normalized spacial score (nSPS) is 14.5. The Morgan fingerprint density at radius 2 is 1.86 bits per heavy atom. The van der Waals surface area contributed by atoms with E-state index in [1.165, 1.54) is 5.01 Å². The molecule has 0 atom stereocenters. The Labute approximate surface area is 130 Å². The average Bonchev–Trinajstić information content (AvgIpc) is 2.78. The highest BCUT2D eigenvalue weighted by atomic mass is 79.9. The van der Waals surface area contributed by atoms with Crippen molar-refractivity contribution >= 4 is 33.4 Å². The summed E-state index contributed by atoms with van der Waals surface area (Å²) in [4.78, 5) is 20.8. The second kappa shape index (κ2) is 5.37. The van der Waals surface area contributed by atoms with Crippen LogP contribution in [0.2, 0.25) is 0 Å². The van der Waals surface area contributed by atoms with Crippen LogP contribution >= 0.6 is 15.9 Å². The molecule has 1 aliphatic heterocycles. The number of hydrazone groups is 1. The first-order valence-electron chi connectivity index (χ1n) is 6.51. The highest BCUT2D eigenvalue weighted by molar-refractivity contribution is 9.10. The predicted molar refractivity (Wildman–Crippen MR) is 85.1 cm³/mol. The van der Waals surface area contributed by atoms with Crippen molar-refractivity contribution in [3.05, 3.63) is 40.5 Å². The van der Waals surface area contributed by atoms with E-state index in [0.717, 1.165) is 21.4 Å². The summed E-state index contributed by atoms with van der Waals surface area (Å²) >= 11 is 3.40. The molecule has 0 unspecified atom stereocenters. The van der Waals surface area contributed by atoms with Gasteiger partial charge in [0.25, 0.3) is 5.91 Å². The van der Waals surface area contributed by atoms with Crippen molar-refractivity contribution < 1.29 is 4.79 Å². The van der Waals surface area contributed by atoms with E-state index in [9.17, 15) is 4.79 Å². The van der Waals surface area contributed by atoms with Crippen molar-refractivity contribution in [2.75, 3.05) is 5.01 Å². The molecule has 21 heavy (non-hydrogen) atoms. The van der Waals surface area contributed by atoms with E-state index >= 15 is 0 Å². The molecule has 1 aromatic heterocycles. The van der Waals surface area contributed by atoms with Crippen LogP contribution in [0.1, 0.15) is 19.0 Å². The van der Waals surface area contributed by atoms with E-state index in [2.05, 4.69) is 31.0 Å². The first-order valence-corrected chi connectivity index (χ1v) is 7.31. The summed E-state index contributed by atoms with van der Waals surface area (Å²) in [6.07, 6.45) is 0.344. The minimum atomic E-state index is -0.0626. The smallest absolute Gasteiger partial charge is 0.254 e. The van der Waals surface area contributed by atoms with Gasteiger partial charge in [0.1, 0.15) is 0 Å². The fraction of sp³-hybridized carbons (Fsp3) is 0.200. The molecule has 0 aliphatic carbocycles. The molecule has 0 N–H and O–H groups in total. The Hall–Kier alpha value is -2.08. The van der Waals surface area contributed by atoms with Gasteiger partial charge in [-0.1, -0.05) is 28.1 Å². The molecular formula is C15H13BrN4O. The van der Waals surface area contributed by atoms with Crippen molar-refractivity contribution in [2.24, 2.45) is 5.10 Å². The zero-order valence-corrected chi connectivity index (χ0v) is 13.3. The summed E-state index contributed by atoms with van der Waals surface area (Å²) in [7, 11) is 0. The van der Waals surface area contributed by atoms with Crippen molar-refractivity contribution in [3.63, 3.8) is 0 Å². The summed E-state index contributed by atoms with van der Waals surface area (Å²) in [6.45, 7) is 3.71. The largest absolute Gasteiger partial charge is 0.272 e. The second-order valence-corrected chi connectivity index (χ2v) is 5.83. The topological polar surface area (TPSA) is 58.5 Å². The first-order chi connectivity index (χ1) is 10.0. The summed E-state index contributed by atoms with van der Waals surface area (Å²) < 4.78 is 0.995. The van der Waals surface area contributed by atoms with Crippen LogP contribution in [0.4, 0.5) is 5.82 Å². The van der Waals surface area contributed by atoms with Gasteiger partial charge in [-0.15, -0.1) is 0 Å². The van der Waals surface area contributed by atoms with Gasteiger partial charge < -0.3 is 0 Å². The maximum Gasteiger partial charge on any atom is 0.254 e. The lowest BCUT2D eigenvalue weighted by molar-refractivity contribution is -0.116. The monoisotopic (exact) mass is 344 g/mol. The number of hydrogen-bond donors (Lipinski definition) is 0. The highest BCUT2D eigenvalue weighted by Crippen LogP contribution is 2.24. The van der Waals surface area contributed by atoms with Crippen LogP contribution in [-0.2, 0) is 4.79 Å². The summed E-state index contributed by atoms with van der Waals surface area (Å²) in [5.41, 5.74) is 2.49. The van der Waals surface area contributed by atoms with Gasteiger partial charge >= 0.3 is 0 Å². The van der Waals surface area contributed by atoms with Crippen LogP contribution in [0.5, 0.6) is 0 Å². The number of amides is 1. The average molecular weight is 345 g/mol. The Morgan fingerprint density at radius 3 is 2.48 bits per heavy atom. The van der Waals surface area contributed by atoms with Crippen LogP contribution in [0.3, 0.4) is 0 Å². The van der Waals surface area contributed by atoms with E-state index < -0.39 is 0 Å². The molecule has 2 aromatic rings.